The molecule has 6 nitrogen and oxygen atoms in total. The lowest BCUT2D eigenvalue weighted by molar-refractivity contribution is 0.174. The predicted molar refractivity (Wildman–Crippen MR) is 81.6 cm³/mol. The number of nitrogens with zero attached hydrogens (tertiary/aromatic N) is 1. The molecule has 0 saturated heterocycles. The minimum atomic E-state index is 0.161. The molecule has 1 aliphatic heterocycles. The first-order valence-corrected chi connectivity index (χ1v) is 7.24. The molecule has 0 spiro atoms. The van der Waals surface area contributed by atoms with Gasteiger partial charge in [-0.2, -0.15) is 0 Å². The number of aliphatic hydroxyl groups excluding tert-OH is 1. The van der Waals surface area contributed by atoms with Crippen LogP contribution in [-0.2, 0) is 6.54 Å². The fourth-order valence-electron chi connectivity index (χ4n) is 1.89. The summed E-state index contributed by atoms with van der Waals surface area (Å²) < 4.78 is 10.6. The van der Waals surface area contributed by atoms with E-state index in [0.29, 0.717) is 13.1 Å². The summed E-state index contributed by atoms with van der Waals surface area (Å²) in [5.41, 5.74) is 1.06. The molecule has 0 radical (unpaired) electrons. The van der Waals surface area contributed by atoms with Gasteiger partial charge in [-0.25, -0.2) is 4.99 Å². The normalized spacial score (nSPS) is 14.9. The molecular weight excluding hydrogens is 270 g/mol. The summed E-state index contributed by atoms with van der Waals surface area (Å²) in [6.45, 7) is 6.48. The number of rotatable bonds is 6. The molecule has 3 N–H and O–H groups in total. The first kappa shape index (κ1) is 15.4. The maximum Gasteiger partial charge on any atom is 0.231 e. The van der Waals surface area contributed by atoms with Crippen molar-refractivity contribution in [1.29, 1.82) is 0 Å². The van der Waals surface area contributed by atoms with Crippen molar-refractivity contribution in [2.75, 3.05) is 26.5 Å². The van der Waals surface area contributed by atoms with Crippen molar-refractivity contribution >= 4 is 5.96 Å². The maximum absolute atomic E-state index is 9.05. The van der Waals surface area contributed by atoms with Gasteiger partial charge < -0.3 is 25.2 Å². The second-order valence-electron chi connectivity index (χ2n) is 5.05. The number of guanidine groups is 1. The highest BCUT2D eigenvalue weighted by Crippen LogP contribution is 2.32. The van der Waals surface area contributed by atoms with E-state index in [0.717, 1.165) is 29.6 Å². The third kappa shape index (κ3) is 4.53. The summed E-state index contributed by atoms with van der Waals surface area (Å²) in [7, 11) is 0. The standard InChI is InChI=1S/C15H23N3O3/c1-3-16-15(17-7-11(2)9-19)18-8-12-4-5-13-14(6-12)21-10-20-13/h4-6,11,19H,3,7-10H2,1-2H3,(H2,16,17,18). The number of aliphatic imine (C=N–C) groups is 1. The van der Waals surface area contributed by atoms with Crippen molar-refractivity contribution in [1.82, 2.24) is 10.6 Å². The Bertz CT molecular complexity index is 491. The Labute approximate surface area is 125 Å². The van der Waals surface area contributed by atoms with E-state index in [1.54, 1.807) is 0 Å². The molecule has 0 amide bonds. The summed E-state index contributed by atoms with van der Waals surface area (Å²) in [5.74, 6) is 2.49. The van der Waals surface area contributed by atoms with Gasteiger partial charge in [-0.1, -0.05) is 13.0 Å². The van der Waals surface area contributed by atoms with Gasteiger partial charge in [-0.05, 0) is 30.5 Å². The highest BCUT2D eigenvalue weighted by molar-refractivity contribution is 5.79. The van der Waals surface area contributed by atoms with Crippen LogP contribution in [-0.4, -0.2) is 37.6 Å². The van der Waals surface area contributed by atoms with Crippen molar-refractivity contribution in [3.8, 4) is 11.5 Å². The number of nitrogens with one attached hydrogen (secondary N) is 2. The van der Waals surface area contributed by atoms with E-state index in [2.05, 4.69) is 15.6 Å². The minimum absolute atomic E-state index is 0.161. The quantitative estimate of drug-likeness (QED) is 0.541. The molecule has 1 aliphatic rings. The Balaban J connectivity index is 1.95. The lowest BCUT2D eigenvalue weighted by Crippen LogP contribution is -2.39. The molecule has 116 valence electrons. The summed E-state index contributed by atoms with van der Waals surface area (Å²) in [5, 5.41) is 15.5. The number of aliphatic hydroxyl groups is 1. The fourth-order valence-corrected chi connectivity index (χ4v) is 1.89. The average Bonchev–Trinajstić information content (AvgIpc) is 2.97. The first-order valence-electron chi connectivity index (χ1n) is 7.24. The van der Waals surface area contributed by atoms with Gasteiger partial charge in [0, 0.05) is 19.7 Å². The third-order valence-corrected chi connectivity index (χ3v) is 3.13. The molecule has 6 heteroatoms. The van der Waals surface area contributed by atoms with Crippen LogP contribution in [0.5, 0.6) is 11.5 Å². The van der Waals surface area contributed by atoms with Crippen molar-refractivity contribution in [2.45, 2.75) is 20.4 Å². The molecule has 1 atom stereocenters. The van der Waals surface area contributed by atoms with Gasteiger partial charge in [-0.15, -0.1) is 0 Å². The van der Waals surface area contributed by atoms with Gasteiger partial charge in [0.25, 0.3) is 0 Å². The Morgan fingerprint density at radius 2 is 2.14 bits per heavy atom. The molecule has 1 unspecified atom stereocenters. The first-order chi connectivity index (χ1) is 10.2. The van der Waals surface area contributed by atoms with Crippen molar-refractivity contribution in [3.63, 3.8) is 0 Å². The highest BCUT2D eigenvalue weighted by Gasteiger charge is 2.13. The van der Waals surface area contributed by atoms with Crippen LogP contribution in [0.3, 0.4) is 0 Å². The van der Waals surface area contributed by atoms with E-state index in [4.69, 9.17) is 14.6 Å². The summed E-state index contributed by atoms with van der Waals surface area (Å²) in [6.07, 6.45) is 0. The largest absolute Gasteiger partial charge is 0.454 e. The molecule has 1 heterocycles. The lowest BCUT2D eigenvalue weighted by Gasteiger charge is -2.14. The van der Waals surface area contributed by atoms with Gasteiger partial charge >= 0.3 is 0 Å². The van der Waals surface area contributed by atoms with Gasteiger partial charge in [0.15, 0.2) is 17.5 Å². The molecule has 1 aromatic carbocycles. The molecule has 1 aromatic rings. The van der Waals surface area contributed by atoms with Crippen molar-refractivity contribution in [2.24, 2.45) is 10.9 Å². The van der Waals surface area contributed by atoms with Gasteiger partial charge in [0.1, 0.15) is 0 Å². The van der Waals surface area contributed by atoms with E-state index in [1.165, 1.54) is 0 Å². The monoisotopic (exact) mass is 293 g/mol. The molecule has 0 saturated carbocycles. The van der Waals surface area contributed by atoms with E-state index < -0.39 is 0 Å². The van der Waals surface area contributed by atoms with E-state index in [-0.39, 0.29) is 19.3 Å². The number of hydrogen-bond acceptors (Lipinski definition) is 4. The van der Waals surface area contributed by atoms with E-state index >= 15 is 0 Å². The van der Waals surface area contributed by atoms with Crippen LogP contribution in [0.15, 0.2) is 23.2 Å². The zero-order valence-electron chi connectivity index (χ0n) is 12.6. The molecule has 21 heavy (non-hydrogen) atoms. The smallest absolute Gasteiger partial charge is 0.231 e. The summed E-state index contributed by atoms with van der Waals surface area (Å²) in [4.78, 5) is 4.53. The van der Waals surface area contributed by atoms with Crippen LogP contribution in [0.4, 0.5) is 0 Å². The maximum atomic E-state index is 9.05. The van der Waals surface area contributed by atoms with Crippen LogP contribution >= 0.6 is 0 Å². The molecule has 0 bridgehead atoms. The van der Waals surface area contributed by atoms with Crippen molar-refractivity contribution in [3.05, 3.63) is 23.8 Å². The zero-order valence-corrected chi connectivity index (χ0v) is 12.6. The fraction of sp³-hybridized carbons (Fsp3) is 0.533. The molecular formula is C15H23N3O3. The summed E-state index contributed by atoms with van der Waals surface area (Å²) in [6, 6.07) is 5.84. The van der Waals surface area contributed by atoms with Gasteiger partial charge in [-0.3, -0.25) is 0 Å². The molecule has 2 rings (SSSR count). The Morgan fingerprint density at radius 3 is 2.90 bits per heavy atom. The van der Waals surface area contributed by atoms with E-state index in [1.807, 2.05) is 32.0 Å². The van der Waals surface area contributed by atoms with E-state index in [9.17, 15) is 0 Å². The second kappa shape index (κ2) is 7.73. The topological polar surface area (TPSA) is 75.1 Å². The number of hydrogen-bond donors (Lipinski definition) is 3. The number of ether oxygens (including phenoxy) is 2. The Morgan fingerprint density at radius 1 is 1.33 bits per heavy atom. The Kier molecular flexibility index (Phi) is 5.68. The minimum Gasteiger partial charge on any atom is -0.454 e. The second-order valence-corrected chi connectivity index (χ2v) is 5.05. The Hall–Kier alpha value is -1.95. The number of fused-ring (bicyclic) bond motifs is 1. The molecule has 0 fully saturated rings. The third-order valence-electron chi connectivity index (χ3n) is 3.13. The zero-order chi connectivity index (χ0) is 15.1. The predicted octanol–water partition coefficient (Wildman–Crippen LogP) is 1.10. The summed E-state index contributed by atoms with van der Waals surface area (Å²) >= 11 is 0. The van der Waals surface area contributed by atoms with Gasteiger partial charge in [0.2, 0.25) is 6.79 Å². The van der Waals surface area contributed by atoms with Crippen LogP contribution in [0.2, 0.25) is 0 Å². The van der Waals surface area contributed by atoms with Crippen molar-refractivity contribution < 1.29 is 14.6 Å². The van der Waals surface area contributed by atoms with Crippen LogP contribution in [0.25, 0.3) is 0 Å². The lowest BCUT2D eigenvalue weighted by atomic mass is 10.2. The van der Waals surface area contributed by atoms with Crippen LogP contribution < -0.4 is 20.1 Å². The molecule has 0 aliphatic carbocycles. The van der Waals surface area contributed by atoms with Crippen LogP contribution in [0.1, 0.15) is 19.4 Å². The van der Waals surface area contributed by atoms with Crippen LogP contribution in [0, 0.1) is 5.92 Å². The SMILES string of the molecule is CCNC(=NCc1ccc2c(c1)OCO2)NCC(C)CO. The van der Waals surface area contributed by atoms with Gasteiger partial charge in [0.05, 0.1) is 6.54 Å². The number of benzene rings is 1. The highest BCUT2D eigenvalue weighted by atomic mass is 16.7. The molecule has 0 aromatic heterocycles. The average molecular weight is 293 g/mol.